The molecule has 0 fully saturated rings. The van der Waals surface area contributed by atoms with E-state index < -0.39 is 21.6 Å². The number of aromatic nitrogens is 1. The van der Waals surface area contributed by atoms with Gasteiger partial charge in [0.1, 0.15) is 5.69 Å². The number of alkyl halides is 3. The van der Waals surface area contributed by atoms with Crippen LogP contribution in [0.25, 0.3) is 0 Å². The minimum atomic E-state index is -4.51. The first-order valence-electron chi connectivity index (χ1n) is 5.27. The minimum absolute atomic E-state index is 0.325. The first kappa shape index (κ1) is 15.3. The second-order valence-electron chi connectivity index (χ2n) is 3.76. The maximum absolute atomic E-state index is 12.4. The molecule has 0 saturated carbocycles. The summed E-state index contributed by atoms with van der Waals surface area (Å²) in [5.74, 6) is 0. The normalized spacial score (nSPS) is 14.3. The Kier molecular flexibility index (Phi) is 4.42. The quantitative estimate of drug-likeness (QED) is 0.400. The Bertz CT molecular complexity index is 608. The van der Waals surface area contributed by atoms with Gasteiger partial charge in [-0.05, 0) is 12.5 Å². The highest BCUT2D eigenvalue weighted by atomic mass is 32.2. The summed E-state index contributed by atoms with van der Waals surface area (Å²) < 4.78 is 51.5. The topological polar surface area (TPSA) is 65.8 Å². The first-order chi connectivity index (χ1) is 8.72. The summed E-state index contributed by atoms with van der Waals surface area (Å²) in [5.41, 5.74) is -0.687. The molecule has 1 aromatic rings. The Morgan fingerprint density at radius 2 is 2.16 bits per heavy atom. The van der Waals surface area contributed by atoms with Crippen molar-refractivity contribution in [1.29, 1.82) is 5.26 Å². The van der Waals surface area contributed by atoms with Crippen LogP contribution in [-0.4, -0.2) is 20.3 Å². The molecule has 1 rings (SSSR count). The zero-order valence-electron chi connectivity index (χ0n) is 10.3. The van der Waals surface area contributed by atoms with Crippen molar-refractivity contribution in [2.75, 3.05) is 6.26 Å². The molecule has 1 atom stereocenters. The number of rotatable bonds is 3. The highest BCUT2D eigenvalue weighted by Gasteiger charge is 2.32. The molecule has 0 aromatic carbocycles. The molecule has 1 heterocycles. The van der Waals surface area contributed by atoms with Gasteiger partial charge in [0.25, 0.3) is 0 Å². The lowest BCUT2D eigenvalue weighted by Crippen LogP contribution is -2.25. The molecular weight excluding hydrogens is 279 g/mol. The van der Waals surface area contributed by atoms with Crippen molar-refractivity contribution in [3.05, 3.63) is 29.6 Å². The molecule has 4 nitrogen and oxygen atoms in total. The van der Waals surface area contributed by atoms with E-state index in [2.05, 4.69) is 9.71 Å². The van der Waals surface area contributed by atoms with E-state index >= 15 is 0 Å². The summed E-state index contributed by atoms with van der Waals surface area (Å²) in [6.45, 7) is 1.70. The third-order valence-electron chi connectivity index (χ3n) is 2.41. The van der Waals surface area contributed by atoms with Gasteiger partial charge in [-0.25, -0.2) is 8.93 Å². The lowest BCUT2D eigenvalue weighted by molar-refractivity contribution is -0.141. The Labute approximate surface area is 109 Å². The van der Waals surface area contributed by atoms with Crippen molar-refractivity contribution in [3.63, 3.8) is 0 Å². The molecule has 8 heteroatoms. The van der Waals surface area contributed by atoms with Crippen LogP contribution in [0.3, 0.4) is 0 Å². The molecule has 1 unspecified atom stereocenters. The van der Waals surface area contributed by atoms with E-state index in [1.165, 1.54) is 12.3 Å². The number of nitrogens with zero attached hydrogens (tertiary/aromatic N) is 2. The Balaban J connectivity index is 3.31. The number of pyridine rings is 1. The summed E-state index contributed by atoms with van der Waals surface area (Å²) >= 11 is 0. The van der Waals surface area contributed by atoms with E-state index in [1.54, 1.807) is 13.1 Å². The van der Waals surface area contributed by atoms with Gasteiger partial charge in [-0.3, -0.25) is 4.98 Å². The van der Waals surface area contributed by atoms with Crippen LogP contribution < -0.4 is 4.72 Å². The predicted molar refractivity (Wildman–Crippen MR) is 66.5 cm³/mol. The lowest BCUT2D eigenvalue weighted by Gasteiger charge is -2.12. The van der Waals surface area contributed by atoms with Crippen molar-refractivity contribution in [2.45, 2.75) is 19.5 Å². The summed E-state index contributed by atoms with van der Waals surface area (Å²) in [6, 6.07) is 2.03. The van der Waals surface area contributed by atoms with Gasteiger partial charge in [0.05, 0.1) is 9.71 Å². The van der Waals surface area contributed by atoms with Crippen molar-refractivity contribution < 1.29 is 17.4 Å². The predicted octanol–water partition coefficient (Wildman–Crippen LogP) is 1.93. The van der Waals surface area contributed by atoms with Crippen LogP contribution in [0, 0.1) is 11.5 Å². The van der Waals surface area contributed by atoms with Gasteiger partial charge < -0.3 is 0 Å². The maximum Gasteiger partial charge on any atom is 0.433 e. The fraction of sp³-hybridized carbons (Fsp3) is 0.364. The third kappa shape index (κ3) is 3.61. The van der Waals surface area contributed by atoms with Crippen molar-refractivity contribution in [1.82, 2.24) is 9.71 Å². The second kappa shape index (κ2) is 5.48. The van der Waals surface area contributed by atoms with Crippen LogP contribution in [0.1, 0.15) is 24.6 Å². The maximum atomic E-state index is 12.4. The van der Waals surface area contributed by atoms with Gasteiger partial charge in [0.15, 0.2) is 6.19 Å². The van der Waals surface area contributed by atoms with Crippen LogP contribution in [0.4, 0.5) is 13.2 Å². The van der Waals surface area contributed by atoms with Crippen LogP contribution in [-0.2, 0) is 15.9 Å². The molecule has 0 amide bonds. The Morgan fingerprint density at radius 3 is 2.53 bits per heavy atom. The van der Waals surface area contributed by atoms with E-state index in [0.29, 0.717) is 16.8 Å². The molecule has 0 aliphatic rings. The van der Waals surface area contributed by atoms with Crippen molar-refractivity contribution in [3.8, 4) is 6.19 Å². The molecule has 0 aliphatic heterocycles. The van der Waals surface area contributed by atoms with Gasteiger partial charge in [0.2, 0.25) is 0 Å². The molecule has 0 aliphatic carbocycles. The third-order valence-corrected chi connectivity index (χ3v) is 4.35. The van der Waals surface area contributed by atoms with Gasteiger partial charge in [-0.2, -0.15) is 18.4 Å². The molecule has 0 bridgehead atoms. The van der Waals surface area contributed by atoms with Crippen LogP contribution in [0.15, 0.2) is 18.3 Å². The molecule has 0 spiro atoms. The number of halogens is 3. The summed E-state index contributed by atoms with van der Waals surface area (Å²) in [5, 5.41) is 8.53. The molecule has 19 heavy (non-hydrogen) atoms. The highest BCUT2D eigenvalue weighted by Crippen LogP contribution is 2.27. The smallest absolute Gasteiger partial charge is 0.251 e. The number of nitrogens with one attached hydrogen (secondary N) is 1. The molecule has 0 saturated heterocycles. The van der Waals surface area contributed by atoms with Gasteiger partial charge in [-0.1, -0.05) is 13.0 Å². The summed E-state index contributed by atoms with van der Waals surface area (Å²) in [4.78, 5) is 3.67. The van der Waals surface area contributed by atoms with E-state index in [1.807, 2.05) is 0 Å². The van der Waals surface area contributed by atoms with Crippen molar-refractivity contribution >= 4 is 14.6 Å². The fourth-order valence-electron chi connectivity index (χ4n) is 1.58. The monoisotopic (exact) mass is 291 g/mol. The van der Waals surface area contributed by atoms with Gasteiger partial charge in [0, 0.05) is 22.9 Å². The van der Waals surface area contributed by atoms with Gasteiger partial charge in [-0.15, -0.1) is 0 Å². The zero-order valence-corrected chi connectivity index (χ0v) is 11.1. The molecule has 1 N–H and O–H groups in total. The zero-order chi connectivity index (χ0) is 14.7. The minimum Gasteiger partial charge on any atom is -0.251 e. The van der Waals surface area contributed by atoms with Gasteiger partial charge >= 0.3 is 6.18 Å². The molecule has 104 valence electrons. The molecule has 0 radical (unpaired) electrons. The number of hydrogen-bond acceptors (Lipinski definition) is 3. The first-order valence-corrected chi connectivity index (χ1v) is 7.23. The van der Waals surface area contributed by atoms with E-state index in [-0.39, 0.29) is 0 Å². The van der Waals surface area contributed by atoms with Crippen LogP contribution in [0.5, 0.6) is 0 Å². The Morgan fingerprint density at radius 1 is 1.53 bits per heavy atom. The average Bonchev–Trinajstić information content (AvgIpc) is 2.28. The van der Waals surface area contributed by atoms with E-state index in [0.717, 1.165) is 12.3 Å². The fourth-order valence-corrected chi connectivity index (χ4v) is 3.00. The van der Waals surface area contributed by atoms with E-state index in [9.17, 15) is 17.4 Å². The summed E-state index contributed by atoms with van der Waals surface area (Å²) in [6.07, 6.45) is -0.255. The average molecular weight is 291 g/mol. The highest BCUT2D eigenvalue weighted by molar-refractivity contribution is 8.00. The van der Waals surface area contributed by atoms with E-state index in [4.69, 9.17) is 5.26 Å². The summed E-state index contributed by atoms with van der Waals surface area (Å²) in [7, 11) is -2.79. The lowest BCUT2D eigenvalue weighted by atomic mass is 10.1. The SMILES string of the molecule is CCC(c1ccc(C(F)(F)F)nc1)=S(C)(=O)NC#N. The van der Waals surface area contributed by atoms with Crippen LogP contribution >= 0.6 is 0 Å². The van der Waals surface area contributed by atoms with Crippen LogP contribution in [0.2, 0.25) is 0 Å². The molecular formula is C11H12F3N3OS. The Hall–Kier alpha value is -1.75. The second-order valence-corrected chi connectivity index (χ2v) is 6.15. The standard InChI is InChI=1S/C11H12F3N3OS/c1-3-9(19(2,18)17-7-15)8-4-5-10(16-6-8)11(12,13)14/h4-6H,3H2,1-2H3,(H,17,18). The molecule has 1 aromatic heterocycles. The number of nitriles is 1. The largest absolute Gasteiger partial charge is 0.433 e. The number of hydrogen-bond donors (Lipinski definition) is 1. The van der Waals surface area contributed by atoms with Crippen molar-refractivity contribution in [2.24, 2.45) is 0 Å².